The molecule has 5 nitrogen and oxygen atoms in total. The second kappa shape index (κ2) is 5.22. The van der Waals surface area contributed by atoms with Crippen LogP contribution in [0, 0.1) is 0 Å². The maximum absolute atomic E-state index is 10.9. The summed E-state index contributed by atoms with van der Waals surface area (Å²) in [5.41, 5.74) is 3.49. The highest BCUT2D eigenvalue weighted by atomic mass is 32.1. The largest absolute Gasteiger partial charge is 0.478 e. The molecule has 0 amide bonds. The molecule has 0 saturated heterocycles. The quantitative estimate of drug-likeness (QED) is 0.642. The second-order valence-electron chi connectivity index (χ2n) is 3.10. The van der Waals surface area contributed by atoms with Gasteiger partial charge in [0.05, 0.1) is 11.8 Å². The minimum atomic E-state index is -0.971. The summed E-state index contributed by atoms with van der Waals surface area (Å²) in [6.07, 6.45) is 3.12. The zero-order valence-electron chi connectivity index (χ0n) is 8.70. The van der Waals surface area contributed by atoms with E-state index in [-0.39, 0.29) is 5.56 Å². The van der Waals surface area contributed by atoms with Crippen LogP contribution in [0.4, 0.5) is 5.13 Å². The van der Waals surface area contributed by atoms with Crippen LogP contribution in [0.25, 0.3) is 0 Å². The van der Waals surface area contributed by atoms with E-state index >= 15 is 0 Å². The Morgan fingerprint density at radius 1 is 1.47 bits per heavy atom. The molecule has 0 aliphatic heterocycles. The van der Waals surface area contributed by atoms with Crippen molar-refractivity contribution in [2.24, 2.45) is 5.10 Å². The third kappa shape index (κ3) is 2.88. The third-order valence-electron chi connectivity index (χ3n) is 1.99. The van der Waals surface area contributed by atoms with Gasteiger partial charge in [-0.05, 0) is 6.07 Å². The Labute approximate surface area is 101 Å². The van der Waals surface area contributed by atoms with Crippen molar-refractivity contribution < 1.29 is 9.90 Å². The van der Waals surface area contributed by atoms with Crippen molar-refractivity contribution in [1.82, 2.24) is 4.98 Å². The van der Waals surface area contributed by atoms with Gasteiger partial charge in [-0.15, -0.1) is 11.3 Å². The molecule has 17 heavy (non-hydrogen) atoms. The first-order valence-electron chi connectivity index (χ1n) is 4.78. The van der Waals surface area contributed by atoms with E-state index in [1.807, 2.05) is 5.38 Å². The number of rotatable bonds is 4. The highest BCUT2D eigenvalue weighted by Crippen LogP contribution is 2.10. The smallest absolute Gasteiger partial charge is 0.336 e. The van der Waals surface area contributed by atoms with Gasteiger partial charge in [0.2, 0.25) is 5.13 Å². The van der Waals surface area contributed by atoms with Crippen LogP contribution in [0.2, 0.25) is 0 Å². The van der Waals surface area contributed by atoms with E-state index in [4.69, 9.17) is 5.11 Å². The molecule has 2 aromatic rings. The van der Waals surface area contributed by atoms with Gasteiger partial charge in [-0.1, -0.05) is 18.2 Å². The molecule has 0 unspecified atom stereocenters. The van der Waals surface area contributed by atoms with Crippen molar-refractivity contribution in [3.8, 4) is 0 Å². The van der Waals surface area contributed by atoms with Crippen molar-refractivity contribution in [3.63, 3.8) is 0 Å². The fourth-order valence-electron chi connectivity index (χ4n) is 1.24. The summed E-state index contributed by atoms with van der Waals surface area (Å²) >= 11 is 1.42. The zero-order valence-corrected chi connectivity index (χ0v) is 9.52. The molecule has 0 saturated carbocycles. The van der Waals surface area contributed by atoms with E-state index < -0.39 is 5.97 Å². The van der Waals surface area contributed by atoms with Crippen molar-refractivity contribution >= 4 is 28.7 Å². The van der Waals surface area contributed by atoms with Crippen LogP contribution >= 0.6 is 11.3 Å². The lowest BCUT2D eigenvalue weighted by molar-refractivity contribution is 0.0697. The number of carboxylic acids is 1. The van der Waals surface area contributed by atoms with Gasteiger partial charge < -0.3 is 5.11 Å². The molecule has 2 N–H and O–H groups in total. The lowest BCUT2D eigenvalue weighted by Gasteiger charge is -1.99. The van der Waals surface area contributed by atoms with Crippen molar-refractivity contribution in [2.45, 2.75) is 0 Å². The summed E-state index contributed by atoms with van der Waals surface area (Å²) in [5, 5.41) is 15.4. The molecule has 0 atom stereocenters. The van der Waals surface area contributed by atoms with Crippen LogP contribution in [0.5, 0.6) is 0 Å². The number of nitrogens with one attached hydrogen (secondary N) is 1. The Hall–Kier alpha value is -2.21. The number of carbonyl (C=O) groups is 1. The predicted molar refractivity (Wildman–Crippen MR) is 66.7 cm³/mol. The zero-order chi connectivity index (χ0) is 12.1. The number of aromatic nitrogens is 1. The molecule has 0 spiro atoms. The molecule has 0 bridgehead atoms. The molecular weight excluding hydrogens is 238 g/mol. The van der Waals surface area contributed by atoms with E-state index in [1.165, 1.54) is 23.6 Å². The predicted octanol–water partition coefficient (Wildman–Crippen LogP) is 2.29. The van der Waals surface area contributed by atoms with Crippen LogP contribution < -0.4 is 5.43 Å². The topological polar surface area (TPSA) is 74.6 Å². The van der Waals surface area contributed by atoms with Gasteiger partial charge in [-0.25, -0.2) is 9.78 Å². The molecule has 1 aromatic heterocycles. The summed E-state index contributed by atoms with van der Waals surface area (Å²) < 4.78 is 0. The number of aromatic carboxylic acids is 1. The number of hydrogen-bond acceptors (Lipinski definition) is 5. The lowest BCUT2D eigenvalue weighted by atomic mass is 10.1. The minimum Gasteiger partial charge on any atom is -0.478 e. The first-order chi connectivity index (χ1) is 8.27. The average Bonchev–Trinajstić information content (AvgIpc) is 2.82. The molecule has 0 radical (unpaired) electrons. The van der Waals surface area contributed by atoms with Gasteiger partial charge in [0.25, 0.3) is 0 Å². The summed E-state index contributed by atoms with van der Waals surface area (Å²) in [4.78, 5) is 14.9. The maximum Gasteiger partial charge on any atom is 0.336 e. The Morgan fingerprint density at radius 2 is 2.29 bits per heavy atom. The number of carboxylic acid groups (broad SMARTS) is 1. The molecular formula is C11H9N3O2S. The second-order valence-corrected chi connectivity index (χ2v) is 3.99. The highest BCUT2D eigenvalue weighted by molar-refractivity contribution is 7.13. The summed E-state index contributed by atoms with van der Waals surface area (Å²) in [6, 6.07) is 6.66. The van der Waals surface area contributed by atoms with Gasteiger partial charge in [-0.2, -0.15) is 5.10 Å². The summed E-state index contributed by atoms with van der Waals surface area (Å²) in [6.45, 7) is 0. The number of benzene rings is 1. The van der Waals surface area contributed by atoms with Gasteiger partial charge >= 0.3 is 5.97 Å². The Morgan fingerprint density at radius 3 is 3.00 bits per heavy atom. The van der Waals surface area contributed by atoms with E-state index in [9.17, 15) is 4.79 Å². The highest BCUT2D eigenvalue weighted by Gasteiger charge is 2.06. The van der Waals surface area contributed by atoms with Crippen LogP contribution in [-0.2, 0) is 0 Å². The minimum absolute atomic E-state index is 0.220. The molecule has 0 aliphatic rings. The van der Waals surface area contributed by atoms with Gasteiger partial charge in [0, 0.05) is 17.1 Å². The Balaban J connectivity index is 2.13. The number of anilines is 1. The van der Waals surface area contributed by atoms with E-state index in [0.717, 1.165) is 0 Å². The molecule has 2 rings (SSSR count). The van der Waals surface area contributed by atoms with E-state index in [2.05, 4.69) is 15.5 Å². The number of nitrogens with zero attached hydrogens (tertiary/aromatic N) is 2. The van der Waals surface area contributed by atoms with Crippen LogP contribution in [0.15, 0.2) is 40.9 Å². The van der Waals surface area contributed by atoms with Crippen molar-refractivity contribution in [3.05, 3.63) is 47.0 Å². The first-order valence-corrected chi connectivity index (χ1v) is 5.66. The fraction of sp³-hybridized carbons (Fsp3) is 0. The first kappa shape index (κ1) is 11.3. The molecule has 1 heterocycles. The number of thiazole rings is 1. The Bertz CT molecular complexity index is 537. The third-order valence-corrected chi connectivity index (χ3v) is 2.67. The summed E-state index contributed by atoms with van der Waals surface area (Å²) in [7, 11) is 0. The van der Waals surface area contributed by atoms with Crippen LogP contribution in [0.1, 0.15) is 15.9 Å². The standard InChI is InChI=1S/C11H9N3O2S/c15-10(16)9-4-2-1-3-8(9)7-13-14-11-12-5-6-17-11/h1-7H,(H,12,14)(H,15,16)/b13-7-. The molecule has 6 heteroatoms. The molecule has 86 valence electrons. The fourth-order valence-corrected chi connectivity index (χ4v) is 1.72. The SMILES string of the molecule is O=C(O)c1ccccc1/C=N\Nc1nccs1. The molecule has 0 aliphatic carbocycles. The van der Waals surface area contributed by atoms with Gasteiger partial charge in [0.15, 0.2) is 0 Å². The van der Waals surface area contributed by atoms with E-state index in [1.54, 1.807) is 24.4 Å². The van der Waals surface area contributed by atoms with Gasteiger partial charge in [-0.3, -0.25) is 5.43 Å². The van der Waals surface area contributed by atoms with E-state index in [0.29, 0.717) is 10.7 Å². The average molecular weight is 247 g/mol. The lowest BCUT2D eigenvalue weighted by Crippen LogP contribution is -2.02. The van der Waals surface area contributed by atoms with Crippen LogP contribution in [0.3, 0.4) is 0 Å². The number of hydrazone groups is 1. The molecule has 0 fully saturated rings. The van der Waals surface area contributed by atoms with Gasteiger partial charge in [0.1, 0.15) is 0 Å². The van der Waals surface area contributed by atoms with Crippen LogP contribution in [-0.4, -0.2) is 22.3 Å². The number of hydrogen-bond donors (Lipinski definition) is 2. The van der Waals surface area contributed by atoms with Crippen molar-refractivity contribution in [2.75, 3.05) is 5.43 Å². The Kier molecular flexibility index (Phi) is 3.46. The monoisotopic (exact) mass is 247 g/mol. The summed E-state index contributed by atoms with van der Waals surface area (Å²) in [5.74, 6) is -0.971. The maximum atomic E-state index is 10.9. The van der Waals surface area contributed by atoms with Crippen molar-refractivity contribution in [1.29, 1.82) is 0 Å². The normalized spacial score (nSPS) is 10.6. The molecule has 1 aromatic carbocycles.